The highest BCUT2D eigenvalue weighted by Gasteiger charge is 2.27. The maximum atomic E-state index is 11.3. The lowest BCUT2D eigenvalue weighted by molar-refractivity contribution is -0.299. The molecule has 0 saturated carbocycles. The molecule has 0 unspecified atom stereocenters. The van der Waals surface area contributed by atoms with Gasteiger partial charge < -0.3 is 14.6 Å². The van der Waals surface area contributed by atoms with Crippen LogP contribution in [0.4, 0.5) is 0 Å². The third kappa shape index (κ3) is 1.40. The molecule has 0 fully saturated rings. The number of carboxylic acids is 1. The highest BCUT2D eigenvalue weighted by atomic mass is 16.5. The molecule has 0 N–H and O–H groups in total. The summed E-state index contributed by atoms with van der Waals surface area (Å²) < 4.78 is 4.87. The molecule has 0 saturated heterocycles. The average Bonchev–Trinajstić information content (AvgIpc) is 2.56. The molecule has 1 heterocycles. The lowest BCUT2D eigenvalue weighted by Crippen LogP contribution is -2.24. The predicted molar refractivity (Wildman–Crippen MR) is 49.5 cm³/mol. The van der Waals surface area contributed by atoms with Gasteiger partial charge in [-0.15, -0.1) is 0 Å². The largest absolute Gasteiger partial charge is 0.545 e. The second kappa shape index (κ2) is 3.24. The first-order chi connectivity index (χ1) is 7.11. The Morgan fingerprint density at radius 2 is 1.87 bits per heavy atom. The molecule has 0 atom stereocenters. The van der Waals surface area contributed by atoms with Crippen LogP contribution in [0, 0.1) is 0 Å². The summed E-state index contributed by atoms with van der Waals surface area (Å²) >= 11 is 0. The third-order valence-electron chi connectivity index (χ3n) is 2.23. The summed E-state index contributed by atoms with van der Waals surface area (Å²) in [6.45, 7) is 1.35. The quantitative estimate of drug-likeness (QED) is 0.487. The van der Waals surface area contributed by atoms with E-state index in [0.717, 1.165) is 0 Å². The van der Waals surface area contributed by atoms with Crippen molar-refractivity contribution in [3.63, 3.8) is 0 Å². The number of hydrogen-bond acceptors (Lipinski definition) is 4. The molecule has 0 radical (unpaired) electrons. The number of ether oxygens (including phenoxy) is 1. The number of carboxylic acid groups (broad SMARTS) is 1. The van der Waals surface area contributed by atoms with Gasteiger partial charge in [-0.1, -0.05) is 18.2 Å². The summed E-state index contributed by atoms with van der Waals surface area (Å²) in [5, 5.41) is 10.6. The first-order valence-electron chi connectivity index (χ1n) is 4.35. The molecule has 0 amide bonds. The second-order valence-electron chi connectivity index (χ2n) is 3.18. The van der Waals surface area contributed by atoms with Crippen molar-refractivity contribution >= 4 is 17.7 Å². The average molecular weight is 203 g/mol. The van der Waals surface area contributed by atoms with Gasteiger partial charge in [-0.3, -0.25) is 0 Å². The predicted octanol–water partition coefficient (Wildman–Crippen LogP) is 0.338. The van der Waals surface area contributed by atoms with Crippen LogP contribution >= 0.6 is 0 Å². The van der Waals surface area contributed by atoms with E-state index in [1.807, 2.05) is 0 Å². The Hall–Kier alpha value is -2.10. The van der Waals surface area contributed by atoms with Gasteiger partial charge in [0.2, 0.25) is 0 Å². The fourth-order valence-corrected chi connectivity index (χ4v) is 1.43. The normalized spacial score (nSPS) is 17.0. The van der Waals surface area contributed by atoms with Crippen LogP contribution in [0.25, 0.3) is 5.76 Å². The topological polar surface area (TPSA) is 66.4 Å². The minimum Gasteiger partial charge on any atom is -0.545 e. The van der Waals surface area contributed by atoms with Crippen LogP contribution in [0.5, 0.6) is 0 Å². The minimum atomic E-state index is -1.34. The summed E-state index contributed by atoms with van der Waals surface area (Å²) in [6.07, 6.45) is 0. The fraction of sp³-hybridized carbons (Fsp3) is 0.0909. The maximum absolute atomic E-state index is 11.3. The van der Waals surface area contributed by atoms with Crippen molar-refractivity contribution in [2.24, 2.45) is 0 Å². The summed E-state index contributed by atoms with van der Waals surface area (Å²) in [5.41, 5.74) is 0.811. The van der Waals surface area contributed by atoms with Crippen LogP contribution in [-0.2, 0) is 9.53 Å². The number of rotatable bonds is 1. The molecule has 1 aromatic rings. The second-order valence-corrected chi connectivity index (χ2v) is 3.18. The Morgan fingerprint density at radius 1 is 1.27 bits per heavy atom. The first kappa shape index (κ1) is 9.45. The molecule has 0 spiro atoms. The van der Waals surface area contributed by atoms with Crippen LogP contribution < -0.4 is 5.11 Å². The summed E-state index contributed by atoms with van der Waals surface area (Å²) in [6, 6.07) is 6.63. The molecule has 15 heavy (non-hydrogen) atoms. The molecule has 0 aliphatic carbocycles. The Bertz CT molecular complexity index is 485. The zero-order valence-corrected chi connectivity index (χ0v) is 7.94. The molecule has 1 aromatic carbocycles. The Labute approximate surface area is 85.8 Å². The molecule has 0 bridgehead atoms. The zero-order chi connectivity index (χ0) is 11.0. The fourth-order valence-electron chi connectivity index (χ4n) is 1.43. The van der Waals surface area contributed by atoms with E-state index in [2.05, 4.69) is 0 Å². The summed E-state index contributed by atoms with van der Waals surface area (Å²) in [4.78, 5) is 22.0. The molecule has 4 heteroatoms. The van der Waals surface area contributed by atoms with Gasteiger partial charge in [0.15, 0.2) is 0 Å². The number of fused-ring (bicyclic) bond motifs is 1. The monoisotopic (exact) mass is 203 g/mol. The molecule has 2 rings (SSSR count). The van der Waals surface area contributed by atoms with E-state index in [1.54, 1.807) is 24.3 Å². The molecular weight excluding hydrogens is 196 g/mol. The van der Waals surface area contributed by atoms with Gasteiger partial charge >= 0.3 is 5.97 Å². The van der Waals surface area contributed by atoms with Gasteiger partial charge in [-0.2, -0.15) is 0 Å². The van der Waals surface area contributed by atoms with Crippen molar-refractivity contribution in [2.45, 2.75) is 6.92 Å². The summed E-state index contributed by atoms with van der Waals surface area (Å²) in [7, 11) is 0. The van der Waals surface area contributed by atoms with Crippen molar-refractivity contribution in [1.29, 1.82) is 0 Å². The van der Waals surface area contributed by atoms with E-state index >= 15 is 0 Å². The lowest BCUT2D eigenvalue weighted by Gasteiger charge is -2.05. The van der Waals surface area contributed by atoms with Crippen LogP contribution in [0.1, 0.15) is 22.8 Å². The number of cyclic esters (lactones) is 1. The Morgan fingerprint density at radius 3 is 2.47 bits per heavy atom. The van der Waals surface area contributed by atoms with Crippen molar-refractivity contribution < 1.29 is 19.4 Å². The third-order valence-corrected chi connectivity index (χ3v) is 2.23. The summed E-state index contributed by atoms with van der Waals surface area (Å²) in [5.74, 6) is -1.79. The number of carbonyl (C=O) groups is 2. The van der Waals surface area contributed by atoms with Gasteiger partial charge in [-0.05, 0) is 13.0 Å². The van der Waals surface area contributed by atoms with E-state index in [9.17, 15) is 14.7 Å². The SMILES string of the molecule is C/C(C(=O)[O-])=C1/OC(=O)c2ccccc21. The number of benzene rings is 1. The van der Waals surface area contributed by atoms with Crippen molar-refractivity contribution in [2.75, 3.05) is 0 Å². The van der Waals surface area contributed by atoms with Crippen molar-refractivity contribution in [3.05, 3.63) is 41.0 Å². The highest BCUT2D eigenvalue weighted by Crippen LogP contribution is 2.31. The zero-order valence-electron chi connectivity index (χ0n) is 7.94. The Kier molecular flexibility index (Phi) is 2.04. The van der Waals surface area contributed by atoms with E-state index < -0.39 is 11.9 Å². The molecule has 76 valence electrons. The maximum Gasteiger partial charge on any atom is 0.344 e. The van der Waals surface area contributed by atoms with Crippen LogP contribution in [0.2, 0.25) is 0 Å². The van der Waals surface area contributed by atoms with E-state index in [-0.39, 0.29) is 11.3 Å². The van der Waals surface area contributed by atoms with Gasteiger partial charge in [0.25, 0.3) is 0 Å². The highest BCUT2D eigenvalue weighted by molar-refractivity contribution is 6.07. The van der Waals surface area contributed by atoms with E-state index in [1.165, 1.54) is 6.92 Å². The molecule has 1 aliphatic rings. The smallest absolute Gasteiger partial charge is 0.344 e. The molecule has 4 nitrogen and oxygen atoms in total. The number of aliphatic carboxylic acids is 1. The standard InChI is InChI=1S/C11H8O4/c1-6(10(12)13)9-7-4-2-3-5-8(7)11(14)15-9/h2-5H,1H3,(H,12,13)/p-1/b9-6-. The first-order valence-corrected chi connectivity index (χ1v) is 4.35. The van der Waals surface area contributed by atoms with E-state index in [0.29, 0.717) is 11.1 Å². The van der Waals surface area contributed by atoms with Crippen LogP contribution in [0.15, 0.2) is 29.8 Å². The van der Waals surface area contributed by atoms with Crippen molar-refractivity contribution in [3.8, 4) is 0 Å². The van der Waals surface area contributed by atoms with Gasteiger partial charge in [0.1, 0.15) is 5.76 Å². The van der Waals surface area contributed by atoms with Gasteiger partial charge in [0.05, 0.1) is 11.5 Å². The molecule has 1 aliphatic heterocycles. The number of carbonyl (C=O) groups excluding carboxylic acids is 2. The van der Waals surface area contributed by atoms with Gasteiger partial charge in [-0.25, -0.2) is 4.79 Å². The van der Waals surface area contributed by atoms with Crippen molar-refractivity contribution in [1.82, 2.24) is 0 Å². The lowest BCUT2D eigenvalue weighted by atomic mass is 10.1. The van der Waals surface area contributed by atoms with Gasteiger partial charge in [0, 0.05) is 11.1 Å². The number of esters is 1. The molecule has 0 aromatic heterocycles. The minimum absolute atomic E-state index is 0.0756. The number of hydrogen-bond donors (Lipinski definition) is 0. The molecular formula is C11H7O4-. The van der Waals surface area contributed by atoms with Crippen LogP contribution in [-0.4, -0.2) is 11.9 Å². The Balaban J connectivity index is 2.64. The van der Waals surface area contributed by atoms with Crippen LogP contribution in [0.3, 0.4) is 0 Å². The van der Waals surface area contributed by atoms with E-state index in [4.69, 9.17) is 4.74 Å².